The maximum Gasteiger partial charge on any atom is 0.391 e. The van der Waals surface area contributed by atoms with Gasteiger partial charge >= 0.3 is 7.60 Å². The van der Waals surface area contributed by atoms with Gasteiger partial charge in [0.15, 0.2) is 18.9 Å². The monoisotopic (exact) mass is 566 g/mol. The summed E-state index contributed by atoms with van der Waals surface area (Å²) in [5.41, 5.74) is -0.290. The van der Waals surface area contributed by atoms with E-state index in [9.17, 15) is 26.7 Å². The first kappa shape index (κ1) is 26.7. The molecule has 2 aromatic carbocycles. The Balaban J connectivity index is 1.43. The summed E-state index contributed by atoms with van der Waals surface area (Å²) in [7, 11) is -8.92. The van der Waals surface area contributed by atoms with Crippen LogP contribution in [0.15, 0.2) is 71.2 Å². The van der Waals surface area contributed by atoms with Crippen LogP contribution in [0.2, 0.25) is 0 Å². The number of thiophene rings is 1. The molecule has 4 rings (SSSR count). The lowest BCUT2D eigenvalue weighted by Crippen LogP contribution is -2.35. The van der Waals surface area contributed by atoms with Crippen LogP contribution in [0.25, 0.3) is 10.1 Å². The standard InChI is InChI=1S/C23H18F2N3O6PS2/c24-20-10-17(5-4-16(20)14-26)34-35(29,30)15-27-37(31,32)23-13-19-21(25)11-18(12-22(19)36-23)33-9-8-28-6-2-1-3-7-28/h1-7,10-13,27H,8-9,15H2/p+1. The molecule has 14 heteroatoms. The Kier molecular flexibility index (Phi) is 7.87. The number of halogens is 2. The Hall–Kier alpha value is -3.40. The van der Waals surface area contributed by atoms with E-state index >= 15 is 0 Å². The van der Waals surface area contributed by atoms with Crippen molar-refractivity contribution in [1.29, 1.82) is 5.26 Å². The second kappa shape index (κ2) is 10.9. The SMILES string of the molecule is N#Cc1ccc(OP(=O)(O)CNS(=O)(=O)c2cc3c(F)cc(OCC[n+]4ccccc4)cc3s2)cc1F. The van der Waals surface area contributed by atoms with E-state index in [1.54, 1.807) is 6.07 Å². The molecule has 2 heterocycles. The minimum absolute atomic E-state index is 0.0478. The van der Waals surface area contributed by atoms with Gasteiger partial charge in [-0.25, -0.2) is 26.3 Å². The number of benzene rings is 2. The van der Waals surface area contributed by atoms with Crippen LogP contribution < -0.4 is 18.5 Å². The zero-order chi connectivity index (χ0) is 26.6. The Morgan fingerprint density at radius 3 is 2.51 bits per heavy atom. The van der Waals surface area contributed by atoms with E-state index in [0.29, 0.717) is 11.2 Å². The number of nitrogens with one attached hydrogen (secondary N) is 1. The maximum atomic E-state index is 14.7. The van der Waals surface area contributed by atoms with Crippen molar-refractivity contribution in [2.75, 3.05) is 12.9 Å². The normalized spacial score (nSPS) is 13.1. The van der Waals surface area contributed by atoms with Gasteiger partial charge in [0.05, 0.1) is 5.56 Å². The lowest BCUT2D eigenvalue weighted by atomic mass is 10.2. The number of ether oxygens (including phenoxy) is 1. The molecule has 0 aliphatic carbocycles. The van der Waals surface area contributed by atoms with E-state index < -0.39 is 35.5 Å². The van der Waals surface area contributed by atoms with Gasteiger partial charge in [-0.3, -0.25) is 0 Å². The molecular formula is C23H19F2N3O6PS2+. The third-order valence-electron chi connectivity index (χ3n) is 4.96. The van der Waals surface area contributed by atoms with Crippen LogP contribution in [0.3, 0.4) is 0 Å². The molecule has 192 valence electrons. The van der Waals surface area contributed by atoms with E-state index in [2.05, 4.69) is 0 Å². The first-order chi connectivity index (χ1) is 17.6. The number of rotatable bonds is 10. The topological polar surface area (TPSA) is 130 Å². The van der Waals surface area contributed by atoms with Crippen LogP contribution in [-0.4, -0.2) is 26.2 Å². The average molecular weight is 567 g/mol. The molecule has 9 nitrogen and oxygen atoms in total. The highest BCUT2D eigenvalue weighted by Crippen LogP contribution is 2.42. The summed E-state index contributed by atoms with van der Waals surface area (Å²) < 4.78 is 80.5. The van der Waals surface area contributed by atoms with E-state index in [1.165, 1.54) is 6.07 Å². The second-order valence-corrected chi connectivity index (χ2v) is 12.5. The van der Waals surface area contributed by atoms with Crippen molar-refractivity contribution in [3.63, 3.8) is 0 Å². The van der Waals surface area contributed by atoms with Gasteiger partial charge in [-0.1, -0.05) is 6.07 Å². The van der Waals surface area contributed by atoms with Crippen LogP contribution in [0.1, 0.15) is 5.56 Å². The van der Waals surface area contributed by atoms with Crippen LogP contribution in [0.4, 0.5) is 8.78 Å². The van der Waals surface area contributed by atoms with Gasteiger partial charge in [-0.15, -0.1) is 11.3 Å². The van der Waals surface area contributed by atoms with Gasteiger partial charge in [0.25, 0.3) is 10.0 Å². The van der Waals surface area contributed by atoms with Crippen molar-refractivity contribution >= 4 is 39.0 Å². The number of nitrogens with zero attached hydrogens (tertiary/aromatic N) is 2. The molecule has 2 aromatic heterocycles. The molecule has 0 fully saturated rings. The summed E-state index contributed by atoms with van der Waals surface area (Å²) >= 11 is 0.755. The first-order valence-corrected chi connectivity index (χ1v) is 14.6. The number of nitriles is 1. The zero-order valence-electron chi connectivity index (χ0n) is 18.9. The number of sulfonamides is 1. The van der Waals surface area contributed by atoms with Gasteiger partial charge in [0.1, 0.15) is 46.3 Å². The predicted molar refractivity (Wildman–Crippen MR) is 131 cm³/mol. The van der Waals surface area contributed by atoms with Crippen molar-refractivity contribution < 1.29 is 40.5 Å². The van der Waals surface area contributed by atoms with E-state index in [-0.39, 0.29) is 33.3 Å². The highest BCUT2D eigenvalue weighted by Gasteiger charge is 2.27. The van der Waals surface area contributed by atoms with Gasteiger partial charge in [-0.2, -0.15) is 9.98 Å². The molecule has 1 unspecified atom stereocenters. The fourth-order valence-corrected chi connectivity index (χ4v) is 7.17. The Bertz CT molecular complexity index is 1640. The summed E-state index contributed by atoms with van der Waals surface area (Å²) in [5, 5.41) is 8.80. The van der Waals surface area contributed by atoms with Crippen LogP contribution >= 0.6 is 18.9 Å². The lowest BCUT2D eigenvalue weighted by Gasteiger charge is -2.14. The third kappa shape index (κ3) is 6.68. The molecule has 2 N–H and O–H groups in total. The number of aromatic nitrogens is 1. The summed E-state index contributed by atoms with van der Waals surface area (Å²) in [5.74, 6) is -1.78. The molecule has 0 spiro atoms. The number of pyridine rings is 1. The van der Waals surface area contributed by atoms with Gasteiger partial charge in [0, 0.05) is 34.4 Å². The summed E-state index contributed by atoms with van der Waals surface area (Å²) in [6.07, 6.45) is 2.68. The summed E-state index contributed by atoms with van der Waals surface area (Å²) in [6.45, 7) is 0.777. The largest absolute Gasteiger partial charge is 0.487 e. The Morgan fingerprint density at radius 1 is 1.08 bits per heavy atom. The molecule has 0 aliphatic rings. The number of hydrogen-bond acceptors (Lipinski definition) is 7. The molecule has 0 bridgehead atoms. The van der Waals surface area contributed by atoms with E-state index in [0.717, 1.165) is 41.7 Å². The highest BCUT2D eigenvalue weighted by atomic mass is 32.2. The van der Waals surface area contributed by atoms with Crippen LogP contribution in [-0.2, 0) is 21.1 Å². The van der Waals surface area contributed by atoms with Crippen molar-refractivity contribution in [3.8, 4) is 17.6 Å². The fraction of sp³-hybridized carbons (Fsp3) is 0.130. The molecule has 37 heavy (non-hydrogen) atoms. The van der Waals surface area contributed by atoms with Crippen LogP contribution in [0, 0.1) is 23.0 Å². The van der Waals surface area contributed by atoms with Gasteiger partial charge in [0.2, 0.25) is 0 Å². The van der Waals surface area contributed by atoms with E-state index in [1.807, 2.05) is 39.9 Å². The average Bonchev–Trinajstić information content (AvgIpc) is 3.30. The predicted octanol–water partition coefficient (Wildman–Crippen LogP) is 3.92. The molecule has 4 aromatic rings. The third-order valence-corrected chi connectivity index (χ3v) is 9.19. The zero-order valence-corrected chi connectivity index (χ0v) is 21.4. The van der Waals surface area contributed by atoms with Gasteiger partial charge < -0.3 is 14.2 Å². The summed E-state index contributed by atoms with van der Waals surface area (Å²) in [4.78, 5) is 10.0. The minimum Gasteiger partial charge on any atom is -0.487 e. The number of hydrogen-bond donors (Lipinski definition) is 2. The molecule has 0 aliphatic heterocycles. The van der Waals surface area contributed by atoms with Crippen molar-refractivity contribution in [2.24, 2.45) is 0 Å². The van der Waals surface area contributed by atoms with Crippen molar-refractivity contribution in [3.05, 3.63) is 84.2 Å². The van der Waals surface area contributed by atoms with Gasteiger partial charge in [-0.05, 0) is 24.3 Å². The fourth-order valence-electron chi connectivity index (χ4n) is 3.20. The highest BCUT2D eigenvalue weighted by molar-refractivity contribution is 7.92. The molecule has 0 amide bonds. The quantitative estimate of drug-likeness (QED) is 0.220. The second-order valence-electron chi connectivity index (χ2n) is 7.63. The van der Waals surface area contributed by atoms with Crippen molar-refractivity contribution in [2.45, 2.75) is 10.8 Å². The Morgan fingerprint density at radius 2 is 1.81 bits per heavy atom. The van der Waals surface area contributed by atoms with E-state index in [4.69, 9.17) is 14.5 Å². The molecule has 0 radical (unpaired) electrons. The van der Waals surface area contributed by atoms with Crippen molar-refractivity contribution in [1.82, 2.24) is 4.72 Å². The Labute approximate surface area is 214 Å². The molecule has 1 atom stereocenters. The van der Waals surface area contributed by atoms with Crippen LogP contribution in [0.5, 0.6) is 11.5 Å². The lowest BCUT2D eigenvalue weighted by molar-refractivity contribution is -0.697. The molecular weight excluding hydrogens is 547 g/mol. The number of fused-ring (bicyclic) bond motifs is 1. The molecule has 0 saturated carbocycles. The maximum absolute atomic E-state index is 14.7. The summed E-state index contributed by atoms with van der Waals surface area (Å²) in [6, 6.07) is 13.9. The smallest absolute Gasteiger partial charge is 0.391 e. The minimum atomic E-state index is -4.60. The molecule has 0 saturated heterocycles. The first-order valence-electron chi connectivity index (χ1n) is 10.6.